The van der Waals surface area contributed by atoms with Crippen LogP contribution in [0.4, 0.5) is 0 Å². The minimum Gasteiger partial charge on any atom is -0.356 e. The summed E-state index contributed by atoms with van der Waals surface area (Å²) in [7, 11) is 0. The molecule has 2 fully saturated rings. The zero-order valence-electron chi connectivity index (χ0n) is 8.55. The molecular weight excluding hydrogens is 162 g/mol. The van der Waals surface area contributed by atoms with Gasteiger partial charge in [-0.1, -0.05) is 13.8 Å². The molecule has 0 spiro atoms. The Balaban J connectivity index is 2.05. The molecule has 0 aromatic heterocycles. The monoisotopic (exact) mass is 181 g/mol. The number of carbonyl (C=O) groups excluding carboxylic acids is 1. The summed E-state index contributed by atoms with van der Waals surface area (Å²) in [6, 6.07) is 0. The van der Waals surface area contributed by atoms with Crippen LogP contribution in [0.3, 0.4) is 0 Å². The van der Waals surface area contributed by atoms with Crippen molar-refractivity contribution in [2.75, 3.05) is 6.54 Å². The number of carbonyl (C=O) groups is 1. The van der Waals surface area contributed by atoms with Crippen LogP contribution in [0.2, 0.25) is 0 Å². The van der Waals surface area contributed by atoms with Gasteiger partial charge in [0, 0.05) is 13.0 Å². The van der Waals surface area contributed by atoms with Crippen molar-refractivity contribution in [3.05, 3.63) is 0 Å². The Hall–Kier alpha value is -0.530. The predicted octanol–water partition coefficient (Wildman–Crippen LogP) is 1.80. The maximum atomic E-state index is 11.4. The molecule has 4 unspecified atom stereocenters. The van der Waals surface area contributed by atoms with E-state index in [2.05, 4.69) is 19.2 Å². The van der Waals surface area contributed by atoms with Crippen LogP contribution < -0.4 is 5.32 Å². The van der Waals surface area contributed by atoms with Crippen LogP contribution in [0.25, 0.3) is 0 Å². The number of rotatable bonds is 0. The fraction of sp³-hybridized carbons (Fsp3) is 0.909. The molecule has 0 aromatic carbocycles. The van der Waals surface area contributed by atoms with Crippen LogP contribution in [0.15, 0.2) is 0 Å². The number of nitrogens with one attached hydrogen (secondary N) is 1. The largest absolute Gasteiger partial charge is 0.356 e. The van der Waals surface area contributed by atoms with Crippen LogP contribution in [0, 0.1) is 23.7 Å². The van der Waals surface area contributed by atoms with Crippen molar-refractivity contribution in [2.45, 2.75) is 33.1 Å². The third kappa shape index (κ3) is 1.59. The summed E-state index contributed by atoms with van der Waals surface area (Å²) in [6.07, 6.45) is 3.48. The number of amides is 1. The lowest BCUT2D eigenvalue weighted by Gasteiger charge is -2.45. The summed E-state index contributed by atoms with van der Waals surface area (Å²) < 4.78 is 0. The number of fused-ring (bicyclic) bond motifs is 1. The van der Waals surface area contributed by atoms with E-state index in [1.165, 1.54) is 12.8 Å². The molecule has 0 aromatic rings. The number of hydrogen-bond acceptors (Lipinski definition) is 1. The first-order valence-corrected chi connectivity index (χ1v) is 5.45. The fourth-order valence-corrected chi connectivity index (χ4v) is 2.91. The number of hydrogen-bond donors (Lipinski definition) is 1. The first-order chi connectivity index (χ1) is 6.18. The van der Waals surface area contributed by atoms with E-state index in [4.69, 9.17) is 0 Å². The molecule has 13 heavy (non-hydrogen) atoms. The zero-order chi connectivity index (χ0) is 9.42. The third-order valence-electron chi connectivity index (χ3n) is 3.97. The van der Waals surface area contributed by atoms with E-state index in [9.17, 15) is 4.79 Å². The van der Waals surface area contributed by atoms with Crippen molar-refractivity contribution in [1.82, 2.24) is 5.32 Å². The predicted molar refractivity (Wildman–Crippen MR) is 52.2 cm³/mol. The van der Waals surface area contributed by atoms with Gasteiger partial charge in [0.1, 0.15) is 0 Å². The second-order valence-corrected chi connectivity index (χ2v) is 4.87. The van der Waals surface area contributed by atoms with E-state index in [1.807, 2.05) is 0 Å². The van der Waals surface area contributed by atoms with E-state index in [0.29, 0.717) is 11.8 Å². The van der Waals surface area contributed by atoms with E-state index in [0.717, 1.165) is 24.8 Å². The van der Waals surface area contributed by atoms with E-state index < -0.39 is 0 Å². The summed E-state index contributed by atoms with van der Waals surface area (Å²) in [5.41, 5.74) is 0. The first-order valence-electron chi connectivity index (χ1n) is 5.45. The van der Waals surface area contributed by atoms with Crippen molar-refractivity contribution in [3.8, 4) is 0 Å². The Morgan fingerprint density at radius 3 is 2.38 bits per heavy atom. The molecule has 1 amide bonds. The molecule has 1 N–H and O–H groups in total. The fourth-order valence-electron chi connectivity index (χ4n) is 2.91. The van der Waals surface area contributed by atoms with Gasteiger partial charge in [-0.15, -0.1) is 0 Å². The van der Waals surface area contributed by atoms with E-state index in [-0.39, 0.29) is 5.91 Å². The Bertz CT molecular complexity index is 214. The maximum absolute atomic E-state index is 11.4. The molecule has 1 aliphatic carbocycles. The highest BCUT2D eigenvalue weighted by Gasteiger charge is 2.39. The van der Waals surface area contributed by atoms with E-state index in [1.54, 1.807) is 0 Å². The highest BCUT2D eigenvalue weighted by Crippen LogP contribution is 2.45. The minimum atomic E-state index is 0.254. The molecule has 0 radical (unpaired) electrons. The van der Waals surface area contributed by atoms with Crippen molar-refractivity contribution < 1.29 is 4.79 Å². The Labute approximate surface area is 80.1 Å². The Kier molecular flexibility index (Phi) is 2.31. The minimum absolute atomic E-state index is 0.254. The van der Waals surface area contributed by atoms with Crippen molar-refractivity contribution >= 4 is 5.91 Å². The first kappa shape index (κ1) is 9.04. The average molecular weight is 181 g/mol. The zero-order valence-corrected chi connectivity index (χ0v) is 8.55. The summed E-state index contributed by atoms with van der Waals surface area (Å²) >= 11 is 0. The van der Waals surface area contributed by atoms with Gasteiger partial charge in [-0.25, -0.2) is 0 Å². The molecular formula is C11H19NO. The molecule has 1 saturated heterocycles. The highest BCUT2D eigenvalue weighted by atomic mass is 16.1. The van der Waals surface area contributed by atoms with Gasteiger partial charge in [0.25, 0.3) is 0 Å². The van der Waals surface area contributed by atoms with Crippen molar-refractivity contribution in [2.24, 2.45) is 23.7 Å². The molecule has 74 valence electrons. The lowest BCUT2D eigenvalue weighted by molar-refractivity contribution is -0.124. The third-order valence-corrected chi connectivity index (χ3v) is 3.97. The van der Waals surface area contributed by atoms with Crippen LogP contribution in [-0.2, 0) is 4.79 Å². The van der Waals surface area contributed by atoms with Crippen LogP contribution in [0.1, 0.15) is 33.1 Å². The molecule has 0 bridgehead atoms. The maximum Gasteiger partial charge on any atom is 0.220 e. The summed E-state index contributed by atoms with van der Waals surface area (Å²) in [4.78, 5) is 11.4. The second-order valence-electron chi connectivity index (χ2n) is 4.87. The molecule has 2 aliphatic rings. The lowest BCUT2D eigenvalue weighted by Crippen LogP contribution is -2.45. The summed E-state index contributed by atoms with van der Waals surface area (Å²) in [6.45, 7) is 5.40. The topological polar surface area (TPSA) is 29.1 Å². The Morgan fingerprint density at radius 2 is 1.77 bits per heavy atom. The van der Waals surface area contributed by atoms with Gasteiger partial charge in [0.2, 0.25) is 5.91 Å². The highest BCUT2D eigenvalue weighted by molar-refractivity contribution is 5.76. The standard InChI is InChI=1S/C11H19NO/c1-7-5-11(13)12-6-8(2)10-4-3-9(7)10/h7-10H,3-6H2,1-2H3,(H,12,13). The SMILES string of the molecule is CC1CNC(=O)CC(C)C2CCC12. The lowest BCUT2D eigenvalue weighted by atomic mass is 9.61. The van der Waals surface area contributed by atoms with Crippen LogP contribution in [-0.4, -0.2) is 12.5 Å². The van der Waals surface area contributed by atoms with Gasteiger partial charge >= 0.3 is 0 Å². The molecule has 2 rings (SSSR count). The van der Waals surface area contributed by atoms with Gasteiger partial charge in [-0.2, -0.15) is 0 Å². The second kappa shape index (κ2) is 3.32. The quantitative estimate of drug-likeness (QED) is 0.606. The van der Waals surface area contributed by atoms with Gasteiger partial charge < -0.3 is 5.32 Å². The molecule has 1 aliphatic heterocycles. The summed E-state index contributed by atoms with van der Waals surface area (Å²) in [5.74, 6) is 3.26. The normalized spacial score (nSPS) is 45.2. The Morgan fingerprint density at radius 1 is 1.15 bits per heavy atom. The van der Waals surface area contributed by atoms with Crippen LogP contribution >= 0.6 is 0 Å². The smallest absolute Gasteiger partial charge is 0.220 e. The van der Waals surface area contributed by atoms with E-state index >= 15 is 0 Å². The van der Waals surface area contributed by atoms with Gasteiger partial charge in [-0.3, -0.25) is 4.79 Å². The molecule has 1 saturated carbocycles. The van der Waals surface area contributed by atoms with Gasteiger partial charge in [0.15, 0.2) is 0 Å². The van der Waals surface area contributed by atoms with Crippen LogP contribution in [0.5, 0.6) is 0 Å². The molecule has 2 nitrogen and oxygen atoms in total. The molecule has 4 atom stereocenters. The van der Waals surface area contributed by atoms with Crippen molar-refractivity contribution in [3.63, 3.8) is 0 Å². The summed E-state index contributed by atoms with van der Waals surface area (Å²) in [5, 5.41) is 3.01. The van der Waals surface area contributed by atoms with Crippen molar-refractivity contribution in [1.29, 1.82) is 0 Å². The molecule has 1 heterocycles. The van der Waals surface area contributed by atoms with Gasteiger partial charge in [0.05, 0.1) is 0 Å². The average Bonchev–Trinajstić information content (AvgIpc) is 1.97. The van der Waals surface area contributed by atoms with Gasteiger partial charge in [-0.05, 0) is 36.5 Å². The molecule has 2 heteroatoms.